The maximum atomic E-state index is 9.59. The molecule has 10 rings (SSSR count). The highest BCUT2D eigenvalue weighted by molar-refractivity contribution is 6.26. The zero-order valence-corrected chi connectivity index (χ0v) is 25.5. The van der Waals surface area contributed by atoms with Crippen molar-refractivity contribution in [3.63, 3.8) is 0 Å². The summed E-state index contributed by atoms with van der Waals surface area (Å²) >= 11 is 0. The van der Waals surface area contributed by atoms with Crippen LogP contribution in [0.15, 0.2) is 186 Å². The van der Waals surface area contributed by atoms with Gasteiger partial charge in [0, 0.05) is 10.8 Å². The fourth-order valence-electron chi connectivity index (χ4n) is 6.80. The van der Waals surface area contributed by atoms with E-state index in [9.17, 15) is 2.74 Å². The molecule has 0 bridgehead atoms. The van der Waals surface area contributed by atoms with Crippen LogP contribution in [0.1, 0.15) is 21.9 Å². The Labute approximate surface area is 306 Å². The second-order valence-electron chi connectivity index (χ2n) is 11.6. The van der Waals surface area contributed by atoms with Crippen molar-refractivity contribution in [3.05, 3.63) is 182 Å². The van der Waals surface area contributed by atoms with Crippen LogP contribution in [-0.2, 0) is 0 Å². The Morgan fingerprint density at radius 3 is 1.61 bits per heavy atom. The van der Waals surface area contributed by atoms with Gasteiger partial charge in [-0.05, 0) is 107 Å². The number of furan rings is 1. The van der Waals surface area contributed by atoms with Crippen LogP contribution in [-0.4, -0.2) is 0 Å². The normalized spacial score (nSPS) is 16.2. The molecule has 0 saturated carbocycles. The summed E-state index contributed by atoms with van der Waals surface area (Å²) in [5.41, 5.74) is 1.37. The molecule has 0 aliphatic rings. The van der Waals surface area contributed by atoms with E-state index in [1.807, 2.05) is 72.8 Å². The number of benzene rings is 9. The van der Waals surface area contributed by atoms with Crippen LogP contribution in [0.2, 0.25) is 0 Å². The quantitative estimate of drug-likeness (QED) is 0.175. The van der Waals surface area contributed by atoms with Gasteiger partial charge in [-0.3, -0.25) is 0 Å². The van der Waals surface area contributed by atoms with Crippen molar-refractivity contribution in [1.82, 2.24) is 0 Å². The summed E-state index contributed by atoms with van der Waals surface area (Å²) < 4.78 is 145. The smallest absolute Gasteiger partial charge is 0.136 e. The van der Waals surface area contributed by atoms with E-state index >= 15 is 0 Å². The minimum absolute atomic E-state index is 0.0294. The van der Waals surface area contributed by atoms with E-state index < -0.39 is 89.7 Å². The molecule has 0 aliphatic heterocycles. The minimum Gasteiger partial charge on any atom is -0.456 e. The molecule has 228 valence electrons. The monoisotopic (exact) mass is 638 g/mol. The van der Waals surface area contributed by atoms with Crippen LogP contribution < -0.4 is 0 Å². The van der Waals surface area contributed by atoms with Crippen molar-refractivity contribution in [2.24, 2.45) is 0 Å². The van der Waals surface area contributed by atoms with Gasteiger partial charge in [0.2, 0.25) is 0 Å². The second kappa shape index (κ2) is 11.1. The predicted molar refractivity (Wildman–Crippen MR) is 208 cm³/mol. The van der Waals surface area contributed by atoms with Gasteiger partial charge in [-0.2, -0.15) is 0 Å². The third kappa shape index (κ3) is 4.47. The maximum Gasteiger partial charge on any atom is 0.136 e. The van der Waals surface area contributed by atoms with Crippen molar-refractivity contribution in [3.8, 4) is 44.5 Å². The van der Waals surface area contributed by atoms with Crippen LogP contribution >= 0.6 is 0 Å². The molecule has 10 aromatic rings. The van der Waals surface area contributed by atoms with Gasteiger partial charge in [0.25, 0.3) is 0 Å². The van der Waals surface area contributed by atoms with Gasteiger partial charge in [0.15, 0.2) is 0 Å². The van der Waals surface area contributed by atoms with Gasteiger partial charge in [-0.25, -0.2) is 0 Å². The summed E-state index contributed by atoms with van der Waals surface area (Å²) in [4.78, 5) is 0. The largest absolute Gasteiger partial charge is 0.456 e. The molecule has 9 aromatic carbocycles. The topological polar surface area (TPSA) is 13.1 Å². The molecule has 1 heterocycles. The molecule has 1 aromatic heterocycles. The van der Waals surface area contributed by atoms with Crippen LogP contribution in [0.3, 0.4) is 0 Å². The summed E-state index contributed by atoms with van der Waals surface area (Å²) in [6, 6.07) is 17.7. The Balaban J connectivity index is 1.27. The summed E-state index contributed by atoms with van der Waals surface area (Å²) in [6.45, 7) is 0. The molecule has 0 fully saturated rings. The van der Waals surface area contributed by atoms with Gasteiger partial charge >= 0.3 is 0 Å². The van der Waals surface area contributed by atoms with Gasteiger partial charge in [-0.1, -0.05) is 151 Å². The molecule has 0 amide bonds. The standard InChI is InChI=1S/C48H30O/c1-3-12-31(13-4-1)33-22-23-35-29-37(25-24-34(35)28-33)46-38-16-7-9-18-40(38)47(41-19-10-8-17-39(41)46)42-20-11-21-45-48(42)43-30-36(26-27-44(43)49-45)32-14-5-2-6-15-32/h1-30H/i1D,2D,3D,4D,5D,6D,11D,12D,13D,14D,15D,20D,21D,26D,27D,30D. The third-order valence-corrected chi connectivity index (χ3v) is 8.92. The Bertz CT molecular complexity index is 3680. The first kappa shape index (κ1) is 16.1. The van der Waals surface area contributed by atoms with Crippen LogP contribution in [0.5, 0.6) is 0 Å². The van der Waals surface area contributed by atoms with Gasteiger partial charge in [0.1, 0.15) is 11.2 Å². The lowest BCUT2D eigenvalue weighted by atomic mass is 9.84. The van der Waals surface area contributed by atoms with E-state index in [1.165, 1.54) is 0 Å². The van der Waals surface area contributed by atoms with Crippen molar-refractivity contribution >= 4 is 54.3 Å². The minimum atomic E-state index is -0.688. The van der Waals surface area contributed by atoms with Crippen molar-refractivity contribution in [1.29, 1.82) is 0 Å². The number of fused-ring (bicyclic) bond motifs is 6. The lowest BCUT2D eigenvalue weighted by Gasteiger charge is -2.18. The summed E-state index contributed by atoms with van der Waals surface area (Å²) in [7, 11) is 0. The van der Waals surface area contributed by atoms with E-state index in [-0.39, 0.29) is 51.2 Å². The average molecular weight is 639 g/mol. The zero-order valence-electron chi connectivity index (χ0n) is 41.5. The van der Waals surface area contributed by atoms with Crippen LogP contribution in [0, 0.1) is 0 Å². The lowest BCUT2D eigenvalue weighted by Crippen LogP contribution is -1.91. The summed E-state index contributed by atoms with van der Waals surface area (Å²) in [5.74, 6) is 0. The van der Waals surface area contributed by atoms with Crippen LogP contribution in [0.4, 0.5) is 0 Å². The second-order valence-corrected chi connectivity index (χ2v) is 11.6. The summed E-state index contributed by atoms with van der Waals surface area (Å²) in [5, 5.41) is 4.19. The first-order chi connectivity index (χ1) is 31.0. The molecule has 0 unspecified atom stereocenters. The molecule has 1 heteroatoms. The van der Waals surface area contributed by atoms with E-state index in [4.69, 9.17) is 23.6 Å². The Kier molecular flexibility index (Phi) is 3.64. The predicted octanol–water partition coefficient (Wildman–Crippen LogP) is 13.7. The molecular weight excluding hydrogens is 593 g/mol. The van der Waals surface area contributed by atoms with E-state index in [0.717, 1.165) is 32.7 Å². The SMILES string of the molecule is [2H]c1c([2H])c([2H])c(-c2ccc3cc(-c4c5ccccc5c(-c5c([2H])c([2H])c([2H])c6oc7c([2H])c([2H])c(-c8c([2H])c([2H])c([2H])c([2H])c8[2H])c([2H])c7c56)c5ccccc45)ccc3c2)c([2H])c1[2H]. The van der Waals surface area contributed by atoms with Gasteiger partial charge in [-0.15, -0.1) is 0 Å². The molecule has 0 radical (unpaired) electrons. The fourth-order valence-corrected chi connectivity index (χ4v) is 6.80. The first-order valence-corrected chi connectivity index (χ1v) is 15.5. The molecular formula is C48H30O. The zero-order chi connectivity index (χ0) is 46.2. The van der Waals surface area contributed by atoms with E-state index in [1.54, 1.807) is 12.1 Å². The van der Waals surface area contributed by atoms with E-state index in [2.05, 4.69) is 0 Å². The van der Waals surface area contributed by atoms with Gasteiger partial charge < -0.3 is 4.42 Å². The van der Waals surface area contributed by atoms with Crippen molar-refractivity contribution in [2.75, 3.05) is 0 Å². The third-order valence-electron chi connectivity index (χ3n) is 8.92. The Morgan fingerprint density at radius 1 is 0.388 bits per heavy atom. The first-order valence-electron chi connectivity index (χ1n) is 23.5. The highest BCUT2D eigenvalue weighted by Crippen LogP contribution is 2.47. The maximum absolute atomic E-state index is 9.59. The molecule has 1 nitrogen and oxygen atoms in total. The highest BCUT2D eigenvalue weighted by atomic mass is 16.3. The number of hydrogen-bond donors (Lipinski definition) is 0. The average Bonchev–Trinajstić information content (AvgIpc) is 3.71. The number of hydrogen-bond acceptors (Lipinski definition) is 1. The molecule has 0 saturated heterocycles. The molecule has 0 N–H and O–H groups in total. The Morgan fingerprint density at radius 2 is 0.959 bits per heavy atom. The van der Waals surface area contributed by atoms with E-state index in [0.29, 0.717) is 21.9 Å². The summed E-state index contributed by atoms with van der Waals surface area (Å²) in [6.07, 6.45) is 0. The Hall–Kier alpha value is -6.44. The molecule has 0 spiro atoms. The van der Waals surface area contributed by atoms with Crippen molar-refractivity contribution < 1.29 is 26.3 Å². The molecule has 49 heavy (non-hydrogen) atoms. The van der Waals surface area contributed by atoms with Crippen molar-refractivity contribution in [2.45, 2.75) is 0 Å². The molecule has 0 atom stereocenters. The van der Waals surface area contributed by atoms with Gasteiger partial charge in [0.05, 0.1) is 21.9 Å². The lowest BCUT2D eigenvalue weighted by molar-refractivity contribution is 0.669. The molecule has 0 aliphatic carbocycles. The highest BCUT2D eigenvalue weighted by Gasteiger charge is 2.20. The fraction of sp³-hybridized carbons (Fsp3) is 0. The van der Waals surface area contributed by atoms with Crippen LogP contribution in [0.25, 0.3) is 98.8 Å². The number of rotatable bonds is 4.